The Hall–Kier alpha value is -3.67. The van der Waals surface area contributed by atoms with E-state index in [0.717, 1.165) is 64.9 Å². The van der Waals surface area contributed by atoms with E-state index < -0.39 is 5.97 Å². The van der Waals surface area contributed by atoms with Gasteiger partial charge in [0.25, 0.3) is 5.91 Å². The number of pyridine rings is 1. The SMILES string of the molecule is O=C1Nc2cc(-c3cccnc3)ccc2C1=Cc1[nH]c(C(=O)O)c2c1CCCC2. The number of aromatic carboxylic acids is 1. The van der Waals surface area contributed by atoms with E-state index in [1.54, 1.807) is 18.5 Å². The Morgan fingerprint density at radius 1 is 1.10 bits per heavy atom. The summed E-state index contributed by atoms with van der Waals surface area (Å²) in [5.74, 6) is -1.13. The van der Waals surface area contributed by atoms with Gasteiger partial charge < -0.3 is 15.4 Å². The largest absolute Gasteiger partial charge is 0.477 e. The van der Waals surface area contributed by atoms with Gasteiger partial charge in [-0.15, -0.1) is 0 Å². The number of aromatic nitrogens is 2. The minimum atomic E-state index is -0.954. The van der Waals surface area contributed by atoms with E-state index in [-0.39, 0.29) is 11.6 Å². The van der Waals surface area contributed by atoms with Crippen LogP contribution in [0.2, 0.25) is 0 Å². The van der Waals surface area contributed by atoms with Crippen LogP contribution in [0.1, 0.15) is 45.7 Å². The van der Waals surface area contributed by atoms with Crippen molar-refractivity contribution in [2.24, 2.45) is 0 Å². The van der Waals surface area contributed by atoms with Gasteiger partial charge in [0.1, 0.15) is 5.69 Å². The summed E-state index contributed by atoms with van der Waals surface area (Å²) in [6.45, 7) is 0. The van der Waals surface area contributed by atoms with Crippen LogP contribution >= 0.6 is 0 Å². The molecule has 0 atom stereocenters. The van der Waals surface area contributed by atoms with E-state index in [0.29, 0.717) is 5.57 Å². The Morgan fingerprint density at radius 3 is 2.69 bits per heavy atom. The third kappa shape index (κ3) is 2.93. The molecule has 3 N–H and O–H groups in total. The maximum absolute atomic E-state index is 12.7. The number of benzene rings is 1. The molecule has 0 spiro atoms. The van der Waals surface area contributed by atoms with Crippen molar-refractivity contribution < 1.29 is 14.7 Å². The molecule has 29 heavy (non-hydrogen) atoms. The number of nitrogens with zero attached hydrogens (tertiary/aromatic N) is 1. The summed E-state index contributed by atoms with van der Waals surface area (Å²) >= 11 is 0. The number of rotatable bonds is 3. The summed E-state index contributed by atoms with van der Waals surface area (Å²) in [6.07, 6.45) is 8.90. The van der Waals surface area contributed by atoms with Crippen LogP contribution in [0.25, 0.3) is 22.8 Å². The molecule has 6 nitrogen and oxygen atoms in total. The van der Waals surface area contributed by atoms with E-state index in [4.69, 9.17) is 0 Å². The third-order valence-corrected chi connectivity index (χ3v) is 5.65. The molecule has 1 aromatic carbocycles. The smallest absolute Gasteiger partial charge is 0.352 e. The number of carbonyl (C=O) groups is 2. The number of hydrogen-bond acceptors (Lipinski definition) is 3. The lowest BCUT2D eigenvalue weighted by Crippen LogP contribution is -2.06. The third-order valence-electron chi connectivity index (χ3n) is 5.65. The highest BCUT2D eigenvalue weighted by Crippen LogP contribution is 2.37. The first-order chi connectivity index (χ1) is 14.1. The summed E-state index contributed by atoms with van der Waals surface area (Å²) < 4.78 is 0. The topological polar surface area (TPSA) is 95.1 Å². The Labute approximate surface area is 167 Å². The van der Waals surface area contributed by atoms with Crippen molar-refractivity contribution in [1.29, 1.82) is 0 Å². The maximum Gasteiger partial charge on any atom is 0.352 e. The second kappa shape index (κ2) is 6.74. The van der Waals surface area contributed by atoms with Gasteiger partial charge in [-0.25, -0.2) is 4.79 Å². The van der Waals surface area contributed by atoms with Gasteiger partial charge in [0.15, 0.2) is 0 Å². The second-order valence-electron chi connectivity index (χ2n) is 7.40. The number of amides is 1. The lowest BCUT2D eigenvalue weighted by Gasteiger charge is -2.12. The first-order valence-electron chi connectivity index (χ1n) is 9.66. The molecule has 2 aliphatic rings. The van der Waals surface area contributed by atoms with Gasteiger partial charge in [-0.3, -0.25) is 9.78 Å². The van der Waals surface area contributed by atoms with Crippen LogP contribution in [-0.4, -0.2) is 27.0 Å². The van der Waals surface area contributed by atoms with Crippen LogP contribution < -0.4 is 5.32 Å². The fourth-order valence-electron chi connectivity index (χ4n) is 4.26. The van der Waals surface area contributed by atoms with Gasteiger partial charge in [-0.05, 0) is 60.6 Å². The number of aromatic amines is 1. The van der Waals surface area contributed by atoms with E-state index in [1.807, 2.05) is 30.3 Å². The van der Waals surface area contributed by atoms with Crippen molar-refractivity contribution >= 4 is 29.2 Å². The van der Waals surface area contributed by atoms with Crippen LogP contribution in [0.3, 0.4) is 0 Å². The second-order valence-corrected chi connectivity index (χ2v) is 7.40. The summed E-state index contributed by atoms with van der Waals surface area (Å²) in [5.41, 5.74) is 6.94. The lowest BCUT2D eigenvalue weighted by atomic mass is 9.91. The van der Waals surface area contributed by atoms with E-state index in [2.05, 4.69) is 15.3 Å². The summed E-state index contributed by atoms with van der Waals surface area (Å²) in [7, 11) is 0. The zero-order valence-corrected chi connectivity index (χ0v) is 15.7. The highest BCUT2D eigenvalue weighted by molar-refractivity contribution is 6.35. The van der Waals surface area contributed by atoms with Crippen molar-refractivity contribution in [3.63, 3.8) is 0 Å². The van der Waals surface area contributed by atoms with Crippen molar-refractivity contribution in [1.82, 2.24) is 9.97 Å². The maximum atomic E-state index is 12.7. The highest BCUT2D eigenvalue weighted by Gasteiger charge is 2.27. The average molecular weight is 385 g/mol. The Bertz CT molecular complexity index is 1180. The van der Waals surface area contributed by atoms with Gasteiger partial charge in [0.05, 0.1) is 5.57 Å². The number of anilines is 1. The number of hydrogen-bond donors (Lipinski definition) is 3. The lowest BCUT2D eigenvalue weighted by molar-refractivity contribution is -0.110. The van der Waals surface area contributed by atoms with Gasteiger partial charge in [-0.1, -0.05) is 18.2 Å². The molecule has 0 unspecified atom stereocenters. The number of nitrogens with one attached hydrogen (secondary N) is 2. The van der Waals surface area contributed by atoms with Gasteiger partial charge >= 0.3 is 5.97 Å². The summed E-state index contributed by atoms with van der Waals surface area (Å²) in [4.78, 5) is 31.5. The van der Waals surface area contributed by atoms with Crippen LogP contribution in [0.4, 0.5) is 5.69 Å². The number of carboxylic acids is 1. The first-order valence-corrected chi connectivity index (χ1v) is 9.66. The molecule has 3 aromatic rings. The predicted molar refractivity (Wildman–Crippen MR) is 111 cm³/mol. The quantitative estimate of drug-likeness (QED) is 0.590. The van der Waals surface area contributed by atoms with Crippen LogP contribution in [-0.2, 0) is 17.6 Å². The monoisotopic (exact) mass is 385 g/mol. The fraction of sp³-hybridized carbons (Fsp3) is 0.174. The van der Waals surface area contributed by atoms with Crippen molar-refractivity contribution in [2.45, 2.75) is 25.7 Å². The first kappa shape index (κ1) is 17.4. The minimum Gasteiger partial charge on any atom is -0.477 e. The fourth-order valence-corrected chi connectivity index (χ4v) is 4.26. The Balaban J connectivity index is 1.58. The predicted octanol–water partition coefficient (Wildman–Crippen LogP) is 4.15. The molecule has 144 valence electrons. The van der Waals surface area contributed by atoms with E-state index in [1.165, 1.54) is 0 Å². The van der Waals surface area contributed by atoms with Gasteiger partial charge in [0, 0.05) is 34.9 Å². The summed E-state index contributed by atoms with van der Waals surface area (Å²) in [5, 5.41) is 12.5. The molecular formula is C23H19N3O3. The molecule has 5 rings (SSSR count). The molecule has 1 aliphatic carbocycles. The van der Waals surface area contributed by atoms with Crippen molar-refractivity contribution in [3.8, 4) is 11.1 Å². The number of fused-ring (bicyclic) bond motifs is 2. The van der Waals surface area contributed by atoms with Crippen molar-refractivity contribution in [3.05, 3.63) is 70.8 Å². The molecule has 1 aliphatic heterocycles. The van der Waals surface area contributed by atoms with E-state index in [9.17, 15) is 14.7 Å². The van der Waals surface area contributed by atoms with Crippen molar-refractivity contribution in [2.75, 3.05) is 5.32 Å². The number of carboxylic acid groups (broad SMARTS) is 1. The molecule has 0 bridgehead atoms. The molecule has 0 saturated carbocycles. The average Bonchev–Trinajstić information content (AvgIpc) is 3.26. The van der Waals surface area contributed by atoms with Gasteiger partial charge in [-0.2, -0.15) is 0 Å². The molecule has 2 aromatic heterocycles. The van der Waals surface area contributed by atoms with Crippen LogP contribution in [0.5, 0.6) is 0 Å². The standard InChI is InChI=1S/C23H19N3O3/c27-22-18(11-20-15-5-1-2-6-17(15)21(25-20)23(28)29)16-8-7-13(10-19(16)26-22)14-4-3-9-24-12-14/h3-4,7-12,25H,1-2,5-6H2,(H,26,27)(H,28,29). The molecule has 3 heterocycles. The zero-order chi connectivity index (χ0) is 20.0. The molecular weight excluding hydrogens is 366 g/mol. The molecule has 6 heteroatoms. The Kier molecular flexibility index (Phi) is 4.05. The number of carbonyl (C=O) groups excluding carboxylic acids is 1. The van der Waals surface area contributed by atoms with Crippen LogP contribution in [0.15, 0.2) is 42.7 Å². The van der Waals surface area contributed by atoms with Gasteiger partial charge in [0.2, 0.25) is 0 Å². The summed E-state index contributed by atoms with van der Waals surface area (Å²) in [6, 6.07) is 9.69. The normalized spacial score (nSPS) is 16.4. The molecule has 0 saturated heterocycles. The number of H-pyrrole nitrogens is 1. The highest BCUT2D eigenvalue weighted by atomic mass is 16.4. The van der Waals surface area contributed by atoms with Crippen LogP contribution in [0, 0.1) is 0 Å². The molecule has 0 fully saturated rings. The van der Waals surface area contributed by atoms with E-state index >= 15 is 0 Å². The minimum absolute atomic E-state index is 0.181. The Morgan fingerprint density at radius 2 is 1.93 bits per heavy atom. The molecule has 0 radical (unpaired) electrons. The molecule has 1 amide bonds. The zero-order valence-electron chi connectivity index (χ0n) is 15.7.